The molecule has 1 aliphatic rings. The molecule has 0 atom stereocenters. The molecule has 0 N–H and O–H groups in total. The predicted molar refractivity (Wildman–Crippen MR) is 52.9 cm³/mol. The zero-order chi connectivity index (χ0) is 11.7. The molecule has 0 fully saturated rings. The SMILES string of the molecule is CC(=O)OC1=C(C)C(=O)C(C)=C(C)C1=O. The number of hydrogen-bond acceptors (Lipinski definition) is 4. The molecule has 0 spiro atoms. The minimum Gasteiger partial charge on any atom is -0.422 e. The summed E-state index contributed by atoms with van der Waals surface area (Å²) in [6.45, 7) is 5.81. The van der Waals surface area contributed by atoms with Crippen LogP contribution in [0.4, 0.5) is 0 Å². The van der Waals surface area contributed by atoms with Crippen LogP contribution in [-0.4, -0.2) is 17.5 Å². The van der Waals surface area contributed by atoms with Crippen molar-refractivity contribution in [2.75, 3.05) is 0 Å². The maximum Gasteiger partial charge on any atom is 0.308 e. The van der Waals surface area contributed by atoms with E-state index in [-0.39, 0.29) is 22.9 Å². The van der Waals surface area contributed by atoms with Crippen LogP contribution >= 0.6 is 0 Å². The average Bonchev–Trinajstić information content (AvgIpc) is 2.18. The molecule has 4 nitrogen and oxygen atoms in total. The summed E-state index contributed by atoms with van der Waals surface area (Å²) in [6.07, 6.45) is 0. The fourth-order valence-corrected chi connectivity index (χ4v) is 1.33. The van der Waals surface area contributed by atoms with Gasteiger partial charge in [-0.1, -0.05) is 0 Å². The summed E-state index contributed by atoms with van der Waals surface area (Å²) in [4.78, 5) is 34.1. The van der Waals surface area contributed by atoms with Crippen LogP contribution in [-0.2, 0) is 19.1 Å². The molecule has 1 rings (SSSR count). The van der Waals surface area contributed by atoms with Gasteiger partial charge in [0.05, 0.1) is 0 Å². The van der Waals surface area contributed by atoms with Crippen molar-refractivity contribution in [1.82, 2.24) is 0 Å². The molecule has 0 aromatic rings. The topological polar surface area (TPSA) is 60.4 Å². The smallest absolute Gasteiger partial charge is 0.308 e. The predicted octanol–water partition coefficient (Wildman–Crippen LogP) is 1.31. The number of Topliss-reactive ketones (excluding diaryl/α,β-unsaturated/α-hetero) is 2. The van der Waals surface area contributed by atoms with E-state index < -0.39 is 5.97 Å². The van der Waals surface area contributed by atoms with Crippen LogP contribution in [0.5, 0.6) is 0 Å². The molecule has 0 radical (unpaired) electrons. The molecule has 0 amide bonds. The van der Waals surface area contributed by atoms with Crippen molar-refractivity contribution in [3.8, 4) is 0 Å². The first kappa shape index (κ1) is 11.4. The van der Waals surface area contributed by atoms with Crippen LogP contribution in [0.3, 0.4) is 0 Å². The second-order valence-electron chi connectivity index (χ2n) is 3.46. The quantitative estimate of drug-likeness (QED) is 0.481. The molecule has 80 valence electrons. The molecule has 0 saturated heterocycles. The van der Waals surface area contributed by atoms with E-state index in [0.29, 0.717) is 11.1 Å². The summed E-state index contributed by atoms with van der Waals surface area (Å²) in [5.74, 6) is -1.38. The second kappa shape index (κ2) is 3.81. The van der Waals surface area contributed by atoms with Crippen molar-refractivity contribution in [2.24, 2.45) is 0 Å². The molecule has 4 heteroatoms. The molecule has 0 saturated carbocycles. The molecule has 0 aliphatic heterocycles. The minimum atomic E-state index is -0.599. The van der Waals surface area contributed by atoms with Gasteiger partial charge in [0.25, 0.3) is 0 Å². The van der Waals surface area contributed by atoms with Crippen molar-refractivity contribution < 1.29 is 19.1 Å². The van der Waals surface area contributed by atoms with E-state index in [0.717, 1.165) is 0 Å². The summed E-state index contributed by atoms with van der Waals surface area (Å²) in [7, 11) is 0. The number of rotatable bonds is 1. The molecule has 1 aliphatic carbocycles. The molecular weight excluding hydrogens is 196 g/mol. The van der Waals surface area contributed by atoms with Gasteiger partial charge in [0.15, 0.2) is 11.5 Å². The third-order valence-corrected chi connectivity index (χ3v) is 2.38. The lowest BCUT2D eigenvalue weighted by Crippen LogP contribution is -2.23. The van der Waals surface area contributed by atoms with Crippen molar-refractivity contribution in [1.29, 1.82) is 0 Å². The lowest BCUT2D eigenvalue weighted by atomic mass is 9.91. The Kier molecular flexibility index (Phi) is 2.88. The minimum absolute atomic E-state index is 0.143. The van der Waals surface area contributed by atoms with Gasteiger partial charge in [0.2, 0.25) is 5.78 Å². The van der Waals surface area contributed by atoms with Crippen LogP contribution in [0.2, 0.25) is 0 Å². The number of carbonyl (C=O) groups excluding carboxylic acids is 3. The number of ketones is 2. The highest BCUT2D eigenvalue weighted by atomic mass is 16.5. The van der Waals surface area contributed by atoms with Crippen LogP contribution in [0, 0.1) is 0 Å². The van der Waals surface area contributed by atoms with Crippen molar-refractivity contribution in [3.05, 3.63) is 22.5 Å². The van der Waals surface area contributed by atoms with Crippen LogP contribution < -0.4 is 0 Å². The summed E-state index contributed by atoms with van der Waals surface area (Å²) in [5, 5.41) is 0. The van der Waals surface area contributed by atoms with E-state index in [9.17, 15) is 14.4 Å². The fraction of sp³-hybridized carbons (Fsp3) is 0.364. The maximum atomic E-state index is 11.7. The van der Waals surface area contributed by atoms with E-state index in [1.54, 1.807) is 13.8 Å². The number of hydrogen-bond donors (Lipinski definition) is 0. The van der Waals surface area contributed by atoms with Gasteiger partial charge in [-0.2, -0.15) is 0 Å². The highest BCUT2D eigenvalue weighted by molar-refractivity contribution is 6.24. The standard InChI is InChI=1S/C11H12O4/c1-5-6(2)10(14)11(15-8(4)12)7(3)9(5)13/h1-4H3. The first-order valence-corrected chi connectivity index (χ1v) is 4.52. The van der Waals surface area contributed by atoms with Crippen molar-refractivity contribution >= 4 is 17.5 Å². The van der Waals surface area contributed by atoms with E-state index in [1.807, 2.05) is 0 Å². The maximum absolute atomic E-state index is 11.7. The number of allylic oxidation sites excluding steroid dienone is 3. The van der Waals surface area contributed by atoms with Gasteiger partial charge in [0.1, 0.15) is 0 Å². The van der Waals surface area contributed by atoms with Crippen LogP contribution in [0.1, 0.15) is 27.7 Å². The Morgan fingerprint density at radius 1 is 0.933 bits per heavy atom. The van der Waals surface area contributed by atoms with Crippen LogP contribution in [0.15, 0.2) is 22.5 Å². The highest BCUT2D eigenvalue weighted by Crippen LogP contribution is 2.24. The normalized spacial score (nSPS) is 17.3. The Hall–Kier alpha value is -1.71. The summed E-state index contributed by atoms with van der Waals surface area (Å²) >= 11 is 0. The van der Waals surface area contributed by atoms with E-state index >= 15 is 0 Å². The second-order valence-corrected chi connectivity index (χ2v) is 3.46. The molecule has 0 aromatic heterocycles. The molecule has 0 aromatic carbocycles. The lowest BCUT2D eigenvalue weighted by Gasteiger charge is -2.17. The third kappa shape index (κ3) is 1.88. The average molecular weight is 208 g/mol. The zero-order valence-electron chi connectivity index (χ0n) is 9.13. The van der Waals surface area contributed by atoms with Crippen LogP contribution in [0.25, 0.3) is 0 Å². The Labute approximate surface area is 87.6 Å². The summed E-state index contributed by atoms with van der Waals surface area (Å²) in [6, 6.07) is 0. The molecule has 0 unspecified atom stereocenters. The zero-order valence-corrected chi connectivity index (χ0v) is 9.13. The molecule has 15 heavy (non-hydrogen) atoms. The molecule has 0 heterocycles. The number of ether oxygens (including phenoxy) is 1. The van der Waals surface area contributed by atoms with E-state index in [2.05, 4.69) is 0 Å². The largest absolute Gasteiger partial charge is 0.422 e. The first-order chi connectivity index (χ1) is 6.86. The number of carbonyl (C=O) groups is 3. The Morgan fingerprint density at radius 2 is 1.40 bits per heavy atom. The molecular formula is C11H12O4. The van der Waals surface area contributed by atoms with Gasteiger partial charge in [-0.25, -0.2) is 0 Å². The van der Waals surface area contributed by atoms with Crippen molar-refractivity contribution in [3.63, 3.8) is 0 Å². The summed E-state index contributed by atoms with van der Waals surface area (Å²) in [5.41, 5.74) is 0.938. The third-order valence-electron chi connectivity index (χ3n) is 2.38. The fourth-order valence-electron chi connectivity index (χ4n) is 1.33. The Balaban J connectivity index is 3.22. The summed E-state index contributed by atoms with van der Waals surface area (Å²) < 4.78 is 4.74. The Bertz CT molecular complexity index is 424. The van der Waals surface area contributed by atoms with Gasteiger partial charge in [0, 0.05) is 23.6 Å². The number of esters is 1. The molecule has 0 bridgehead atoms. The monoisotopic (exact) mass is 208 g/mol. The lowest BCUT2D eigenvalue weighted by molar-refractivity contribution is -0.140. The first-order valence-electron chi connectivity index (χ1n) is 4.52. The van der Waals surface area contributed by atoms with Gasteiger partial charge in [-0.15, -0.1) is 0 Å². The Morgan fingerprint density at radius 3 is 1.87 bits per heavy atom. The van der Waals surface area contributed by atoms with E-state index in [4.69, 9.17) is 4.74 Å². The van der Waals surface area contributed by atoms with Gasteiger partial charge < -0.3 is 4.74 Å². The van der Waals surface area contributed by atoms with Gasteiger partial charge in [-0.05, 0) is 20.8 Å². The van der Waals surface area contributed by atoms with Gasteiger partial charge >= 0.3 is 5.97 Å². The van der Waals surface area contributed by atoms with Gasteiger partial charge in [-0.3, -0.25) is 14.4 Å². The highest BCUT2D eigenvalue weighted by Gasteiger charge is 2.30. The van der Waals surface area contributed by atoms with Crippen molar-refractivity contribution in [2.45, 2.75) is 27.7 Å². The van der Waals surface area contributed by atoms with E-state index in [1.165, 1.54) is 13.8 Å².